The molecule has 0 saturated heterocycles. The summed E-state index contributed by atoms with van der Waals surface area (Å²) < 4.78 is 107. The van der Waals surface area contributed by atoms with E-state index < -0.39 is 67.8 Å². The van der Waals surface area contributed by atoms with Crippen molar-refractivity contribution >= 4 is 21.7 Å². The minimum absolute atomic E-state index is 0.256. The van der Waals surface area contributed by atoms with E-state index in [-0.39, 0.29) is 5.75 Å². The minimum atomic E-state index is -5.28. The van der Waals surface area contributed by atoms with Crippen LogP contribution in [-0.2, 0) is 21.4 Å². The summed E-state index contributed by atoms with van der Waals surface area (Å²) in [5, 5.41) is 0. The van der Waals surface area contributed by atoms with E-state index in [9.17, 15) is 35.2 Å². The van der Waals surface area contributed by atoms with E-state index in [4.69, 9.17) is 4.74 Å². The van der Waals surface area contributed by atoms with Gasteiger partial charge in [0.25, 0.3) is 10.0 Å². The fourth-order valence-corrected chi connectivity index (χ4v) is 4.08. The van der Waals surface area contributed by atoms with Gasteiger partial charge in [-0.1, -0.05) is 30.3 Å². The number of anilines is 1. The quantitative estimate of drug-likeness (QED) is 0.229. The summed E-state index contributed by atoms with van der Waals surface area (Å²) in [5.41, 5.74) is -1.80. The van der Waals surface area contributed by atoms with E-state index in [1.165, 1.54) is 12.1 Å². The average Bonchev–Trinajstić information content (AvgIpc) is 2.78. The van der Waals surface area contributed by atoms with E-state index >= 15 is 0 Å². The summed E-state index contributed by atoms with van der Waals surface area (Å²) in [6.07, 6.45) is 0. The Morgan fingerprint density at radius 2 is 1.55 bits per heavy atom. The molecule has 0 aliphatic rings. The second-order valence-corrected chi connectivity index (χ2v) is 8.10. The predicted molar refractivity (Wildman–Crippen MR) is 106 cm³/mol. The lowest BCUT2D eigenvalue weighted by molar-refractivity contribution is 0.0459. The van der Waals surface area contributed by atoms with E-state index in [1.54, 1.807) is 22.9 Å². The fraction of sp³-hybridized carbons (Fsp3) is 0.0952. The van der Waals surface area contributed by atoms with Crippen LogP contribution in [0.1, 0.15) is 15.9 Å². The Morgan fingerprint density at radius 3 is 2.15 bits per heavy atom. The first kappa shape index (κ1) is 24.0. The number of carbonyl (C=O) groups is 1. The van der Waals surface area contributed by atoms with Crippen LogP contribution in [0.4, 0.5) is 27.6 Å². The van der Waals surface area contributed by atoms with Crippen LogP contribution < -0.4 is 9.46 Å². The molecule has 6 nitrogen and oxygen atoms in total. The minimum Gasteiger partial charge on any atom is -0.494 e. The summed E-state index contributed by atoms with van der Waals surface area (Å²) in [6, 6.07) is 10.5. The van der Waals surface area contributed by atoms with Crippen molar-refractivity contribution in [3.05, 3.63) is 88.7 Å². The predicted octanol–water partition coefficient (Wildman–Crippen LogP) is 4.55. The third-order valence-corrected chi connectivity index (χ3v) is 5.74. The van der Waals surface area contributed by atoms with Crippen molar-refractivity contribution in [2.24, 2.45) is 0 Å². The molecular weight excluding hydrogens is 473 g/mol. The number of hydrogen-bond acceptors (Lipinski definition) is 5. The van der Waals surface area contributed by atoms with Gasteiger partial charge >= 0.3 is 5.97 Å². The molecule has 0 unspecified atom stereocenters. The molecule has 33 heavy (non-hydrogen) atoms. The molecule has 0 aliphatic carbocycles. The molecule has 0 heterocycles. The first-order valence-electron chi connectivity index (χ1n) is 9.00. The summed E-state index contributed by atoms with van der Waals surface area (Å²) in [6.45, 7) is -0.504. The lowest BCUT2D eigenvalue weighted by Gasteiger charge is -2.15. The standard InChI is InChI=1S/C21H14F5NO5S/c1-31-14-8-7-12(9-13(14)22)27-33(29,30)20-15(16(23)17(24)18(25)19(20)26)21(28)32-10-11-5-3-2-4-6-11/h2-9,27H,10H2,1H3. The molecule has 3 rings (SSSR count). The van der Waals surface area contributed by atoms with Gasteiger partial charge in [-0.3, -0.25) is 4.72 Å². The highest BCUT2D eigenvalue weighted by Crippen LogP contribution is 2.31. The van der Waals surface area contributed by atoms with Crippen molar-refractivity contribution in [2.75, 3.05) is 11.8 Å². The van der Waals surface area contributed by atoms with Gasteiger partial charge in [0.15, 0.2) is 34.8 Å². The molecule has 1 N–H and O–H groups in total. The smallest absolute Gasteiger partial charge is 0.343 e. The van der Waals surface area contributed by atoms with Crippen LogP contribution in [-0.4, -0.2) is 21.5 Å². The van der Waals surface area contributed by atoms with E-state index in [2.05, 4.69) is 4.74 Å². The molecule has 0 bridgehead atoms. The molecule has 0 atom stereocenters. The van der Waals surface area contributed by atoms with Crippen LogP contribution in [0, 0.1) is 29.1 Å². The Hall–Kier alpha value is -3.67. The number of rotatable bonds is 7. The molecule has 0 saturated carbocycles. The Bertz CT molecular complexity index is 1320. The maximum atomic E-state index is 14.5. The average molecular weight is 487 g/mol. The van der Waals surface area contributed by atoms with Gasteiger partial charge < -0.3 is 9.47 Å². The van der Waals surface area contributed by atoms with Gasteiger partial charge in [0.1, 0.15) is 17.1 Å². The molecule has 3 aromatic carbocycles. The largest absolute Gasteiger partial charge is 0.494 e. The third kappa shape index (κ3) is 4.90. The summed E-state index contributed by atoms with van der Waals surface area (Å²) in [5.74, 6) is -12.5. The Labute approximate surface area is 184 Å². The van der Waals surface area contributed by atoms with Crippen molar-refractivity contribution in [2.45, 2.75) is 11.5 Å². The van der Waals surface area contributed by atoms with Crippen LogP contribution in [0.2, 0.25) is 0 Å². The van der Waals surface area contributed by atoms with Crippen LogP contribution >= 0.6 is 0 Å². The molecule has 0 spiro atoms. The lowest BCUT2D eigenvalue weighted by atomic mass is 10.2. The number of hydrogen-bond donors (Lipinski definition) is 1. The van der Waals surface area contributed by atoms with Crippen molar-refractivity contribution in [1.82, 2.24) is 0 Å². The van der Waals surface area contributed by atoms with E-state index in [1.807, 2.05) is 0 Å². The Morgan fingerprint density at radius 1 is 0.909 bits per heavy atom. The highest BCUT2D eigenvalue weighted by Gasteiger charge is 2.37. The molecule has 0 radical (unpaired) electrons. The zero-order valence-electron chi connectivity index (χ0n) is 16.7. The molecular formula is C21H14F5NO5S. The van der Waals surface area contributed by atoms with Crippen LogP contribution in [0.5, 0.6) is 5.75 Å². The van der Waals surface area contributed by atoms with Gasteiger partial charge in [0, 0.05) is 6.07 Å². The topological polar surface area (TPSA) is 81.7 Å². The Kier molecular flexibility index (Phi) is 6.86. The van der Waals surface area contributed by atoms with Gasteiger partial charge in [-0.2, -0.15) is 0 Å². The number of halogens is 5. The molecule has 0 fully saturated rings. The molecule has 12 heteroatoms. The molecule has 174 valence electrons. The fourth-order valence-electron chi connectivity index (χ4n) is 2.78. The zero-order chi connectivity index (χ0) is 24.3. The number of carbonyl (C=O) groups excluding carboxylic acids is 1. The maximum absolute atomic E-state index is 14.5. The molecule has 0 aromatic heterocycles. The first-order valence-corrected chi connectivity index (χ1v) is 10.5. The second-order valence-electron chi connectivity index (χ2n) is 6.48. The van der Waals surface area contributed by atoms with Crippen molar-refractivity contribution in [3.8, 4) is 5.75 Å². The maximum Gasteiger partial charge on any atom is 0.343 e. The monoisotopic (exact) mass is 487 g/mol. The van der Waals surface area contributed by atoms with Gasteiger partial charge in [0.2, 0.25) is 0 Å². The molecule has 0 amide bonds. The second kappa shape index (κ2) is 9.45. The number of esters is 1. The first-order chi connectivity index (χ1) is 15.6. The Balaban J connectivity index is 2.06. The summed E-state index contributed by atoms with van der Waals surface area (Å²) >= 11 is 0. The molecule has 0 aliphatic heterocycles. The number of ether oxygens (including phenoxy) is 2. The number of benzene rings is 3. The van der Waals surface area contributed by atoms with Gasteiger partial charge in [-0.05, 0) is 17.7 Å². The van der Waals surface area contributed by atoms with E-state index in [0.717, 1.165) is 19.2 Å². The van der Waals surface area contributed by atoms with Gasteiger partial charge in [0.05, 0.1) is 12.8 Å². The van der Waals surface area contributed by atoms with Crippen LogP contribution in [0.15, 0.2) is 53.4 Å². The van der Waals surface area contributed by atoms with Gasteiger partial charge in [-0.15, -0.1) is 0 Å². The highest BCUT2D eigenvalue weighted by molar-refractivity contribution is 7.92. The SMILES string of the molecule is COc1ccc(NS(=O)(=O)c2c(F)c(F)c(F)c(F)c2C(=O)OCc2ccccc2)cc1F. The summed E-state index contributed by atoms with van der Waals surface area (Å²) in [7, 11) is -4.13. The number of sulfonamides is 1. The zero-order valence-corrected chi connectivity index (χ0v) is 17.5. The third-order valence-electron chi connectivity index (χ3n) is 4.31. The van der Waals surface area contributed by atoms with Crippen molar-refractivity contribution in [3.63, 3.8) is 0 Å². The van der Waals surface area contributed by atoms with Gasteiger partial charge in [-0.25, -0.2) is 35.2 Å². The molecule has 3 aromatic rings. The summed E-state index contributed by atoms with van der Waals surface area (Å²) in [4.78, 5) is 10.6. The van der Waals surface area contributed by atoms with E-state index in [0.29, 0.717) is 11.6 Å². The number of methoxy groups -OCH3 is 1. The number of nitrogens with one attached hydrogen (secondary N) is 1. The lowest BCUT2D eigenvalue weighted by Crippen LogP contribution is -2.23. The van der Waals surface area contributed by atoms with Crippen LogP contribution in [0.25, 0.3) is 0 Å². The van der Waals surface area contributed by atoms with Crippen molar-refractivity contribution in [1.29, 1.82) is 0 Å². The normalized spacial score (nSPS) is 11.2. The highest BCUT2D eigenvalue weighted by atomic mass is 32.2. The van der Waals surface area contributed by atoms with Crippen molar-refractivity contribution < 1.29 is 44.6 Å². The van der Waals surface area contributed by atoms with Crippen LogP contribution in [0.3, 0.4) is 0 Å².